The molecule has 5 heteroatoms. The Morgan fingerprint density at radius 3 is 2.54 bits per heavy atom. The van der Waals surface area contributed by atoms with Gasteiger partial charge < -0.3 is 18.7 Å². The number of hydrogen-bond donors (Lipinski definition) is 0. The number of para-hydroxylation sites is 3. The minimum absolute atomic E-state index is 0.280. The number of aliphatic carboxylic acids is 1. The number of aromatic nitrogens is 1. The molecule has 0 saturated carbocycles. The van der Waals surface area contributed by atoms with Gasteiger partial charge in [0.1, 0.15) is 16.9 Å². The lowest BCUT2D eigenvalue weighted by molar-refractivity contribution is -0.304. The second-order valence-corrected chi connectivity index (χ2v) is 5.99. The second kappa shape index (κ2) is 6.52. The van der Waals surface area contributed by atoms with E-state index in [1.165, 1.54) is 0 Å². The highest BCUT2D eigenvalue weighted by Crippen LogP contribution is 2.32. The Morgan fingerprint density at radius 1 is 1.08 bits per heavy atom. The number of carbonyl (C=O) groups is 1. The van der Waals surface area contributed by atoms with E-state index in [9.17, 15) is 9.90 Å². The summed E-state index contributed by atoms with van der Waals surface area (Å²) in [6.45, 7) is 1.99. The van der Waals surface area contributed by atoms with Crippen LogP contribution in [-0.2, 0) is 11.2 Å². The quantitative estimate of drug-likeness (QED) is 0.549. The van der Waals surface area contributed by atoms with Gasteiger partial charge in [0, 0.05) is 35.3 Å². The first-order valence-electron chi connectivity index (χ1n) is 8.42. The predicted molar refractivity (Wildman–Crippen MR) is 97.1 cm³/mol. The van der Waals surface area contributed by atoms with Crippen LogP contribution in [-0.4, -0.2) is 11.0 Å². The largest absolute Gasteiger partial charge is 0.550 e. The summed E-state index contributed by atoms with van der Waals surface area (Å²) in [7, 11) is 0. The number of oxazole rings is 1. The van der Waals surface area contributed by atoms with Gasteiger partial charge >= 0.3 is 0 Å². The predicted octanol–water partition coefficient (Wildman–Crippen LogP) is 3.82. The van der Waals surface area contributed by atoms with Crippen LogP contribution in [0.4, 0.5) is 0 Å². The second-order valence-electron chi connectivity index (χ2n) is 5.99. The van der Waals surface area contributed by atoms with Crippen LogP contribution in [0, 0.1) is 0 Å². The number of fused-ring (bicyclic) bond motifs is 2. The lowest BCUT2D eigenvalue weighted by atomic mass is 10.0. The van der Waals surface area contributed by atoms with Crippen molar-refractivity contribution in [3.8, 4) is 0 Å². The Bertz CT molecular complexity index is 1100. The summed E-state index contributed by atoms with van der Waals surface area (Å²) in [6, 6.07) is 15.0. The fourth-order valence-corrected chi connectivity index (χ4v) is 3.06. The maximum atomic E-state index is 11.3. The molecule has 26 heavy (non-hydrogen) atoms. The van der Waals surface area contributed by atoms with E-state index in [1.807, 2.05) is 49.4 Å². The van der Waals surface area contributed by atoms with Gasteiger partial charge in [-0.25, -0.2) is 4.98 Å². The Hall–Kier alpha value is -3.34. The molecular weight excluding hydrogens is 330 g/mol. The van der Waals surface area contributed by atoms with E-state index in [0.29, 0.717) is 23.1 Å². The fourth-order valence-electron chi connectivity index (χ4n) is 3.06. The average Bonchev–Trinajstić information content (AvgIpc) is 3.22. The lowest BCUT2D eigenvalue weighted by Gasteiger charge is -2.05. The molecule has 2 aromatic carbocycles. The van der Waals surface area contributed by atoms with Crippen molar-refractivity contribution in [2.45, 2.75) is 19.8 Å². The number of benzene rings is 2. The Balaban J connectivity index is 1.91. The first kappa shape index (κ1) is 16.1. The summed E-state index contributed by atoms with van der Waals surface area (Å²) in [5.74, 6) is -0.120. The van der Waals surface area contributed by atoms with E-state index in [1.54, 1.807) is 12.1 Å². The van der Waals surface area contributed by atoms with E-state index in [0.717, 1.165) is 22.3 Å². The minimum Gasteiger partial charge on any atom is -0.550 e. The van der Waals surface area contributed by atoms with E-state index in [4.69, 9.17) is 8.83 Å². The number of carboxylic acids is 1. The van der Waals surface area contributed by atoms with E-state index >= 15 is 0 Å². The van der Waals surface area contributed by atoms with Crippen molar-refractivity contribution in [3.63, 3.8) is 0 Å². The average molecular weight is 346 g/mol. The molecule has 0 N–H and O–H groups in total. The summed E-state index contributed by atoms with van der Waals surface area (Å²) in [5, 5.41) is 12.2. The Labute approximate surface area is 149 Å². The molecule has 4 aromatic rings. The molecule has 2 heterocycles. The molecule has 0 radical (unpaired) electrons. The smallest absolute Gasteiger partial charge is 0.223 e. The van der Waals surface area contributed by atoms with Crippen molar-refractivity contribution < 1.29 is 18.7 Å². The van der Waals surface area contributed by atoms with Crippen LogP contribution >= 0.6 is 0 Å². The molecule has 2 aromatic heterocycles. The molecule has 0 unspecified atom stereocenters. The van der Waals surface area contributed by atoms with Crippen LogP contribution in [0.1, 0.15) is 30.6 Å². The molecule has 0 atom stereocenters. The summed E-state index contributed by atoms with van der Waals surface area (Å²) < 4.78 is 11.7. The zero-order chi connectivity index (χ0) is 18.1. The number of nitrogens with zero attached hydrogens (tertiary/aromatic N) is 1. The molecular formula is C21H16NO4-. The summed E-state index contributed by atoms with van der Waals surface area (Å²) in [5.41, 5.74) is 3.35. The summed E-state index contributed by atoms with van der Waals surface area (Å²) in [6.07, 6.45) is 2.17. The van der Waals surface area contributed by atoms with Crippen molar-refractivity contribution in [3.05, 3.63) is 65.7 Å². The number of aryl methyl sites for hydroxylation is 1. The van der Waals surface area contributed by atoms with Crippen molar-refractivity contribution in [2.75, 3.05) is 0 Å². The van der Waals surface area contributed by atoms with Gasteiger partial charge in [-0.3, -0.25) is 0 Å². The van der Waals surface area contributed by atoms with Crippen molar-refractivity contribution in [2.24, 2.45) is 0 Å². The molecule has 0 aliphatic heterocycles. The molecule has 0 bridgehead atoms. The van der Waals surface area contributed by atoms with Crippen molar-refractivity contribution in [1.82, 2.24) is 4.98 Å². The van der Waals surface area contributed by atoms with Gasteiger partial charge in [0.2, 0.25) is 5.89 Å². The lowest BCUT2D eigenvalue weighted by Crippen LogP contribution is -2.22. The summed E-state index contributed by atoms with van der Waals surface area (Å²) in [4.78, 5) is 15.7. The molecule has 130 valence electrons. The molecule has 0 amide bonds. The van der Waals surface area contributed by atoms with E-state index in [-0.39, 0.29) is 12.3 Å². The van der Waals surface area contributed by atoms with Crippen LogP contribution in [0.5, 0.6) is 0 Å². The molecule has 4 rings (SSSR count). The van der Waals surface area contributed by atoms with Crippen LogP contribution in [0.2, 0.25) is 0 Å². The first-order chi connectivity index (χ1) is 12.7. The minimum atomic E-state index is -1.19. The Kier molecular flexibility index (Phi) is 4.05. The standard InChI is InChI=1S/C21H17NO4/c1-2-17-15(14-7-3-5-9-18(14)25-17)11-13(12-20(23)24)21-22-16-8-4-6-10-19(16)26-21/h3-11H,2,12H2,1H3,(H,23,24)/p-1/b13-11+. The highest BCUT2D eigenvalue weighted by molar-refractivity contribution is 5.97. The SMILES string of the molecule is CCc1oc2ccccc2c1/C=C(\CC(=O)[O-])c1nc2ccccc2o1. The van der Waals surface area contributed by atoms with Crippen LogP contribution < -0.4 is 5.11 Å². The topological polar surface area (TPSA) is 79.3 Å². The van der Waals surface area contributed by atoms with Crippen molar-refractivity contribution in [1.29, 1.82) is 0 Å². The van der Waals surface area contributed by atoms with Gasteiger partial charge in [0.25, 0.3) is 0 Å². The van der Waals surface area contributed by atoms with Gasteiger partial charge in [-0.1, -0.05) is 37.3 Å². The number of carboxylic acid groups (broad SMARTS) is 1. The monoisotopic (exact) mass is 346 g/mol. The zero-order valence-corrected chi connectivity index (χ0v) is 14.2. The highest BCUT2D eigenvalue weighted by atomic mass is 16.4. The molecule has 0 aliphatic rings. The van der Waals surface area contributed by atoms with Gasteiger partial charge in [0.05, 0.1) is 0 Å². The Morgan fingerprint density at radius 2 is 1.81 bits per heavy atom. The molecule has 0 aliphatic carbocycles. The molecule has 0 fully saturated rings. The fraction of sp³-hybridized carbons (Fsp3) is 0.143. The van der Waals surface area contributed by atoms with E-state index in [2.05, 4.69) is 4.98 Å². The number of hydrogen-bond acceptors (Lipinski definition) is 5. The molecule has 0 spiro atoms. The van der Waals surface area contributed by atoms with Gasteiger partial charge in [-0.15, -0.1) is 0 Å². The van der Waals surface area contributed by atoms with Crippen LogP contribution in [0.25, 0.3) is 33.7 Å². The maximum absolute atomic E-state index is 11.3. The highest BCUT2D eigenvalue weighted by Gasteiger charge is 2.16. The first-order valence-corrected chi connectivity index (χ1v) is 8.42. The number of rotatable bonds is 5. The van der Waals surface area contributed by atoms with Gasteiger partial charge in [0.15, 0.2) is 5.58 Å². The number of furan rings is 1. The van der Waals surface area contributed by atoms with E-state index < -0.39 is 5.97 Å². The van der Waals surface area contributed by atoms with Crippen LogP contribution in [0.3, 0.4) is 0 Å². The third-order valence-corrected chi connectivity index (χ3v) is 4.25. The van der Waals surface area contributed by atoms with Gasteiger partial charge in [-0.2, -0.15) is 0 Å². The number of carbonyl (C=O) groups excluding carboxylic acids is 1. The molecule has 5 nitrogen and oxygen atoms in total. The third kappa shape index (κ3) is 2.88. The van der Waals surface area contributed by atoms with Crippen LogP contribution in [0.15, 0.2) is 57.4 Å². The van der Waals surface area contributed by atoms with Gasteiger partial charge in [-0.05, 0) is 24.3 Å². The molecule has 0 saturated heterocycles. The maximum Gasteiger partial charge on any atom is 0.223 e. The zero-order valence-electron chi connectivity index (χ0n) is 14.2. The van der Waals surface area contributed by atoms with Crippen molar-refractivity contribution >= 4 is 39.7 Å². The third-order valence-electron chi connectivity index (χ3n) is 4.25. The summed E-state index contributed by atoms with van der Waals surface area (Å²) >= 11 is 0. The normalized spacial score (nSPS) is 12.1.